The molecule has 0 aliphatic carbocycles. The van der Waals surface area contributed by atoms with Gasteiger partial charge in [0.15, 0.2) is 0 Å². The quantitative estimate of drug-likeness (QED) is 0.879. The van der Waals surface area contributed by atoms with E-state index in [9.17, 15) is 4.79 Å². The Hall–Kier alpha value is -1.46. The number of amides is 1. The highest BCUT2D eigenvalue weighted by atomic mass is 35.5. The molecule has 0 fully saturated rings. The van der Waals surface area contributed by atoms with Gasteiger partial charge in [-0.05, 0) is 18.2 Å². The lowest BCUT2D eigenvalue weighted by molar-refractivity contribution is 0.152. The second kappa shape index (κ2) is 5.46. The molecular weight excluding hydrogens is 277 g/mol. The van der Waals surface area contributed by atoms with Gasteiger partial charge in [0.2, 0.25) is 0 Å². The predicted octanol–water partition coefficient (Wildman–Crippen LogP) is 2.52. The van der Waals surface area contributed by atoms with E-state index in [4.69, 9.17) is 33.7 Å². The highest BCUT2D eigenvalue weighted by Gasteiger charge is 2.10. The lowest BCUT2D eigenvalue weighted by Gasteiger charge is -2.07. The molecule has 0 saturated carbocycles. The summed E-state index contributed by atoms with van der Waals surface area (Å²) in [5.41, 5.74) is 6.56. The third-order valence-corrected chi connectivity index (χ3v) is 2.94. The first-order valence-electron chi connectivity index (χ1n) is 5.24. The highest BCUT2D eigenvalue weighted by molar-refractivity contribution is 6.31. The molecule has 2 N–H and O–H groups in total. The second-order valence-electron chi connectivity index (χ2n) is 3.61. The Morgan fingerprint density at radius 1 is 1.50 bits per heavy atom. The molecule has 2 rings (SSSR count). The number of alkyl halides is 1. The molecule has 1 amide bonds. The van der Waals surface area contributed by atoms with E-state index in [0.717, 1.165) is 11.0 Å². The molecule has 1 aromatic heterocycles. The average molecular weight is 288 g/mol. The first kappa shape index (κ1) is 13.0. The Kier molecular flexibility index (Phi) is 3.93. The number of nitrogens with two attached hydrogens (primary N) is 1. The van der Waals surface area contributed by atoms with E-state index >= 15 is 0 Å². The molecule has 7 heteroatoms. The fraction of sp³-hybridized carbons (Fsp3) is 0.273. The van der Waals surface area contributed by atoms with Crippen LogP contribution in [0.4, 0.5) is 4.79 Å². The topological polar surface area (TPSA) is 70.1 Å². The monoisotopic (exact) mass is 287 g/mol. The molecule has 2 aromatic rings. The summed E-state index contributed by atoms with van der Waals surface area (Å²) in [5.74, 6) is 0.963. The van der Waals surface area contributed by atoms with Gasteiger partial charge in [0, 0.05) is 5.02 Å². The van der Waals surface area contributed by atoms with Crippen molar-refractivity contribution in [3.05, 3.63) is 29.0 Å². The van der Waals surface area contributed by atoms with Crippen molar-refractivity contribution in [3.63, 3.8) is 0 Å². The normalized spacial score (nSPS) is 10.8. The number of carbonyl (C=O) groups is 1. The van der Waals surface area contributed by atoms with Crippen molar-refractivity contribution in [2.24, 2.45) is 5.73 Å². The van der Waals surface area contributed by atoms with Crippen LogP contribution in [0, 0.1) is 0 Å². The number of aromatic nitrogens is 2. The zero-order valence-corrected chi connectivity index (χ0v) is 10.9. The van der Waals surface area contributed by atoms with Gasteiger partial charge >= 0.3 is 6.09 Å². The highest BCUT2D eigenvalue weighted by Crippen LogP contribution is 2.21. The van der Waals surface area contributed by atoms with Crippen molar-refractivity contribution in [2.75, 3.05) is 6.61 Å². The molecule has 0 atom stereocenters. The number of benzene rings is 1. The molecule has 0 aliphatic rings. The van der Waals surface area contributed by atoms with Crippen LogP contribution < -0.4 is 5.73 Å². The molecule has 0 radical (unpaired) electrons. The molecule has 0 bridgehead atoms. The molecule has 0 saturated heterocycles. The van der Waals surface area contributed by atoms with Gasteiger partial charge in [0.25, 0.3) is 0 Å². The van der Waals surface area contributed by atoms with E-state index in [1.807, 2.05) is 10.6 Å². The van der Waals surface area contributed by atoms with Crippen LogP contribution >= 0.6 is 23.2 Å². The number of carbonyl (C=O) groups excluding carboxylic acids is 1. The Labute approximate surface area is 113 Å². The van der Waals surface area contributed by atoms with Crippen LogP contribution in [0.2, 0.25) is 5.02 Å². The van der Waals surface area contributed by atoms with Crippen LogP contribution in [-0.4, -0.2) is 22.3 Å². The molecule has 1 heterocycles. The minimum Gasteiger partial charge on any atom is -0.448 e. The molecule has 0 aliphatic heterocycles. The fourth-order valence-corrected chi connectivity index (χ4v) is 2.11. The Balaban J connectivity index is 2.33. The van der Waals surface area contributed by atoms with Crippen LogP contribution in [0.5, 0.6) is 0 Å². The molecule has 0 spiro atoms. The van der Waals surface area contributed by atoms with E-state index in [2.05, 4.69) is 4.98 Å². The van der Waals surface area contributed by atoms with E-state index < -0.39 is 6.09 Å². The Bertz CT molecular complexity index is 583. The fourth-order valence-electron chi connectivity index (χ4n) is 1.73. The molecular formula is C11H11Cl2N3O2. The zero-order chi connectivity index (χ0) is 13.1. The van der Waals surface area contributed by atoms with Crippen molar-refractivity contribution in [2.45, 2.75) is 12.4 Å². The standard InChI is InChI=1S/C11H11Cl2N3O2/c12-6-10-15-8-2-1-7(13)5-9(8)16(10)3-4-18-11(14)17/h1-2,5H,3-4,6H2,(H2,14,17). The number of fused-ring (bicyclic) bond motifs is 1. The lowest BCUT2D eigenvalue weighted by Crippen LogP contribution is -2.17. The first-order chi connectivity index (χ1) is 8.61. The summed E-state index contributed by atoms with van der Waals surface area (Å²) in [5, 5.41) is 0.612. The zero-order valence-electron chi connectivity index (χ0n) is 9.40. The SMILES string of the molecule is NC(=O)OCCn1c(CCl)nc2ccc(Cl)cc21. The summed E-state index contributed by atoms with van der Waals surface area (Å²) in [7, 11) is 0. The van der Waals surface area contributed by atoms with E-state index in [0.29, 0.717) is 17.4 Å². The first-order valence-corrected chi connectivity index (χ1v) is 6.16. The summed E-state index contributed by atoms with van der Waals surface area (Å²) in [6.45, 7) is 0.596. The lowest BCUT2D eigenvalue weighted by atomic mass is 10.3. The smallest absolute Gasteiger partial charge is 0.404 e. The third kappa shape index (κ3) is 2.68. The van der Waals surface area contributed by atoms with Crippen LogP contribution in [0.15, 0.2) is 18.2 Å². The van der Waals surface area contributed by atoms with Crippen LogP contribution in [0.25, 0.3) is 11.0 Å². The summed E-state index contributed by atoms with van der Waals surface area (Å²) in [4.78, 5) is 14.9. The molecule has 5 nitrogen and oxygen atoms in total. The molecule has 0 unspecified atom stereocenters. The predicted molar refractivity (Wildman–Crippen MR) is 69.8 cm³/mol. The Morgan fingerprint density at radius 2 is 2.28 bits per heavy atom. The van der Waals surface area contributed by atoms with E-state index in [1.54, 1.807) is 12.1 Å². The van der Waals surface area contributed by atoms with E-state index in [1.165, 1.54) is 0 Å². The van der Waals surface area contributed by atoms with Gasteiger partial charge in [0.1, 0.15) is 12.4 Å². The molecule has 18 heavy (non-hydrogen) atoms. The second-order valence-corrected chi connectivity index (χ2v) is 4.32. The van der Waals surface area contributed by atoms with Crippen molar-refractivity contribution in [3.8, 4) is 0 Å². The van der Waals surface area contributed by atoms with Gasteiger partial charge < -0.3 is 15.0 Å². The molecule has 1 aromatic carbocycles. The van der Waals surface area contributed by atoms with Crippen molar-refractivity contribution in [1.82, 2.24) is 9.55 Å². The number of hydrogen-bond donors (Lipinski definition) is 1. The summed E-state index contributed by atoms with van der Waals surface area (Å²) in [6.07, 6.45) is -0.801. The van der Waals surface area contributed by atoms with Crippen LogP contribution in [0.3, 0.4) is 0 Å². The number of nitrogens with zero attached hydrogens (tertiary/aromatic N) is 2. The summed E-state index contributed by atoms with van der Waals surface area (Å²) in [6, 6.07) is 5.38. The summed E-state index contributed by atoms with van der Waals surface area (Å²) >= 11 is 11.8. The van der Waals surface area contributed by atoms with Crippen LogP contribution in [-0.2, 0) is 17.2 Å². The van der Waals surface area contributed by atoms with Gasteiger partial charge in [-0.25, -0.2) is 9.78 Å². The number of ether oxygens (including phenoxy) is 1. The number of imidazole rings is 1. The maximum absolute atomic E-state index is 10.5. The largest absolute Gasteiger partial charge is 0.448 e. The van der Waals surface area contributed by atoms with Gasteiger partial charge in [-0.3, -0.25) is 0 Å². The van der Waals surface area contributed by atoms with Crippen molar-refractivity contribution >= 4 is 40.3 Å². The number of primary amides is 1. The van der Waals surface area contributed by atoms with Crippen molar-refractivity contribution in [1.29, 1.82) is 0 Å². The third-order valence-electron chi connectivity index (χ3n) is 2.47. The van der Waals surface area contributed by atoms with E-state index in [-0.39, 0.29) is 12.5 Å². The maximum atomic E-state index is 10.5. The van der Waals surface area contributed by atoms with Crippen molar-refractivity contribution < 1.29 is 9.53 Å². The minimum atomic E-state index is -0.801. The van der Waals surface area contributed by atoms with Gasteiger partial charge in [-0.2, -0.15) is 0 Å². The Morgan fingerprint density at radius 3 is 2.94 bits per heavy atom. The number of halogens is 2. The van der Waals surface area contributed by atoms with Crippen LogP contribution in [0.1, 0.15) is 5.82 Å². The number of hydrogen-bond acceptors (Lipinski definition) is 3. The maximum Gasteiger partial charge on any atom is 0.404 e. The molecule has 96 valence electrons. The average Bonchev–Trinajstić information content (AvgIpc) is 2.66. The number of rotatable bonds is 4. The summed E-state index contributed by atoms with van der Waals surface area (Å²) < 4.78 is 6.57. The minimum absolute atomic E-state index is 0.164. The van der Waals surface area contributed by atoms with Gasteiger partial charge in [-0.15, -0.1) is 11.6 Å². The van der Waals surface area contributed by atoms with Gasteiger partial charge in [0.05, 0.1) is 23.5 Å². The van der Waals surface area contributed by atoms with Gasteiger partial charge in [-0.1, -0.05) is 11.6 Å².